The number of amides is 1. The molecular weight excluding hydrogens is 343 g/mol. The van der Waals surface area contributed by atoms with E-state index in [2.05, 4.69) is 28.7 Å². The first-order valence-corrected chi connectivity index (χ1v) is 9.57. The van der Waals surface area contributed by atoms with Crippen LogP contribution in [0.4, 0.5) is 15.9 Å². The van der Waals surface area contributed by atoms with Crippen molar-refractivity contribution in [2.24, 2.45) is 0 Å². The molecule has 1 aromatic carbocycles. The highest BCUT2D eigenvalue weighted by Gasteiger charge is 2.33. The molecule has 0 spiro atoms. The number of hydrogen-bond acceptors (Lipinski definition) is 4. The molecule has 5 nitrogen and oxygen atoms in total. The van der Waals surface area contributed by atoms with Gasteiger partial charge in [-0.1, -0.05) is 13.8 Å². The van der Waals surface area contributed by atoms with Crippen molar-refractivity contribution < 1.29 is 9.18 Å². The van der Waals surface area contributed by atoms with Gasteiger partial charge in [0, 0.05) is 43.3 Å². The summed E-state index contributed by atoms with van der Waals surface area (Å²) in [6, 6.07) is 5.91. The van der Waals surface area contributed by atoms with Gasteiger partial charge in [0.15, 0.2) is 5.82 Å². The number of hydrogen-bond donors (Lipinski definition) is 0. The molecular formula is C21H25FN4O. The smallest absolute Gasteiger partial charge is 0.253 e. The van der Waals surface area contributed by atoms with Gasteiger partial charge in [0.1, 0.15) is 6.17 Å². The molecule has 0 unspecified atom stereocenters. The Labute approximate surface area is 159 Å². The molecule has 2 aliphatic rings. The maximum Gasteiger partial charge on any atom is 0.253 e. The van der Waals surface area contributed by atoms with Crippen LogP contribution in [0, 0.1) is 0 Å². The van der Waals surface area contributed by atoms with Crippen LogP contribution in [0.15, 0.2) is 36.8 Å². The normalized spacial score (nSPS) is 19.7. The topological polar surface area (TPSA) is 49.3 Å². The summed E-state index contributed by atoms with van der Waals surface area (Å²) >= 11 is 0. The first-order chi connectivity index (χ1) is 13.0. The lowest BCUT2D eigenvalue weighted by molar-refractivity contribution is 0.0667. The second-order valence-electron chi connectivity index (χ2n) is 8.05. The van der Waals surface area contributed by atoms with Gasteiger partial charge in [-0.25, -0.2) is 9.37 Å². The van der Waals surface area contributed by atoms with Gasteiger partial charge in [0.05, 0.1) is 6.20 Å². The van der Waals surface area contributed by atoms with Crippen LogP contribution >= 0.6 is 0 Å². The van der Waals surface area contributed by atoms with Crippen molar-refractivity contribution in [2.45, 2.75) is 44.7 Å². The summed E-state index contributed by atoms with van der Waals surface area (Å²) in [5.74, 6) is 0.815. The molecule has 0 atom stereocenters. The van der Waals surface area contributed by atoms with Crippen molar-refractivity contribution >= 4 is 17.4 Å². The van der Waals surface area contributed by atoms with Crippen LogP contribution in [0.5, 0.6) is 0 Å². The van der Waals surface area contributed by atoms with Crippen LogP contribution in [0.25, 0.3) is 0 Å². The summed E-state index contributed by atoms with van der Waals surface area (Å²) in [5.41, 5.74) is 2.87. The Balaban J connectivity index is 1.67. The van der Waals surface area contributed by atoms with Crippen molar-refractivity contribution in [1.29, 1.82) is 0 Å². The minimum atomic E-state index is -0.781. The molecule has 1 fully saturated rings. The number of nitrogens with zero attached hydrogens (tertiary/aromatic N) is 4. The van der Waals surface area contributed by atoms with Crippen LogP contribution in [-0.4, -0.2) is 46.6 Å². The highest BCUT2D eigenvalue weighted by atomic mass is 19.1. The molecule has 0 saturated carbocycles. The summed E-state index contributed by atoms with van der Waals surface area (Å²) in [6.45, 7) is 6.26. The molecule has 0 aliphatic carbocycles. The third-order valence-electron chi connectivity index (χ3n) is 5.76. The fourth-order valence-corrected chi connectivity index (χ4v) is 4.00. The molecule has 0 N–H and O–H groups in total. The average molecular weight is 368 g/mol. The molecule has 142 valence electrons. The number of fused-ring (bicyclic) bond motifs is 1. The minimum absolute atomic E-state index is 0.00266. The van der Waals surface area contributed by atoms with E-state index in [1.165, 1.54) is 0 Å². The van der Waals surface area contributed by atoms with E-state index in [9.17, 15) is 9.18 Å². The molecule has 1 amide bonds. The van der Waals surface area contributed by atoms with E-state index in [4.69, 9.17) is 0 Å². The molecule has 2 aromatic rings. The van der Waals surface area contributed by atoms with Crippen LogP contribution in [0.1, 0.15) is 49.0 Å². The van der Waals surface area contributed by atoms with Crippen molar-refractivity contribution in [3.05, 3.63) is 47.9 Å². The number of halogens is 1. The van der Waals surface area contributed by atoms with E-state index >= 15 is 0 Å². The molecule has 2 aliphatic heterocycles. The third-order valence-corrected chi connectivity index (χ3v) is 5.76. The molecule has 27 heavy (non-hydrogen) atoms. The first-order valence-electron chi connectivity index (χ1n) is 9.57. The Morgan fingerprint density at radius 2 is 1.96 bits per heavy atom. The summed E-state index contributed by atoms with van der Waals surface area (Å²) in [7, 11) is 0. The van der Waals surface area contributed by atoms with Crippen LogP contribution < -0.4 is 4.90 Å². The van der Waals surface area contributed by atoms with Gasteiger partial charge >= 0.3 is 0 Å². The number of piperidine rings is 1. The zero-order chi connectivity index (χ0) is 19.0. The highest BCUT2D eigenvalue weighted by molar-refractivity contribution is 5.95. The van der Waals surface area contributed by atoms with Crippen LogP contribution in [0.2, 0.25) is 0 Å². The Hall–Kier alpha value is -2.50. The van der Waals surface area contributed by atoms with E-state index in [1.807, 2.05) is 18.2 Å². The largest absolute Gasteiger partial charge is 0.338 e. The zero-order valence-electron chi connectivity index (χ0n) is 15.9. The number of rotatable bonds is 2. The van der Waals surface area contributed by atoms with Crippen LogP contribution in [0.3, 0.4) is 0 Å². The molecule has 1 aromatic heterocycles. The van der Waals surface area contributed by atoms with Crippen molar-refractivity contribution in [3.8, 4) is 0 Å². The second kappa shape index (κ2) is 6.91. The Kier molecular flexibility index (Phi) is 4.58. The Morgan fingerprint density at radius 3 is 2.67 bits per heavy atom. The minimum Gasteiger partial charge on any atom is -0.338 e. The van der Waals surface area contributed by atoms with Gasteiger partial charge < -0.3 is 9.80 Å². The van der Waals surface area contributed by atoms with Crippen LogP contribution in [-0.2, 0) is 5.41 Å². The lowest BCUT2D eigenvalue weighted by atomic mass is 9.77. The third kappa shape index (κ3) is 3.40. The lowest BCUT2D eigenvalue weighted by Gasteiger charge is -2.40. The predicted molar refractivity (Wildman–Crippen MR) is 103 cm³/mol. The number of alkyl halides is 1. The zero-order valence-corrected chi connectivity index (χ0v) is 15.9. The number of carbonyl (C=O) groups excluding carboxylic acids is 1. The average Bonchev–Trinajstić information content (AvgIpc) is 2.69. The lowest BCUT2D eigenvalue weighted by Crippen LogP contribution is -2.39. The maximum atomic E-state index is 13.4. The quantitative estimate of drug-likeness (QED) is 0.807. The predicted octanol–water partition coefficient (Wildman–Crippen LogP) is 3.87. The first kappa shape index (κ1) is 17.9. The van der Waals surface area contributed by atoms with E-state index < -0.39 is 6.17 Å². The van der Waals surface area contributed by atoms with Gasteiger partial charge in [-0.15, -0.1) is 0 Å². The van der Waals surface area contributed by atoms with E-state index in [-0.39, 0.29) is 11.3 Å². The van der Waals surface area contributed by atoms with Gasteiger partial charge in [0.25, 0.3) is 5.91 Å². The number of benzene rings is 1. The van der Waals surface area contributed by atoms with Gasteiger partial charge in [0.2, 0.25) is 0 Å². The number of anilines is 2. The fourth-order valence-electron chi connectivity index (χ4n) is 4.00. The van der Waals surface area contributed by atoms with Gasteiger partial charge in [-0.2, -0.15) is 0 Å². The van der Waals surface area contributed by atoms with E-state index in [0.717, 1.165) is 30.0 Å². The summed E-state index contributed by atoms with van der Waals surface area (Å²) in [4.78, 5) is 25.5. The summed E-state index contributed by atoms with van der Waals surface area (Å²) in [6.07, 6.45) is 6.17. The van der Waals surface area contributed by atoms with Crippen molar-refractivity contribution in [2.75, 3.05) is 24.5 Å². The number of likely N-dealkylation sites (tertiary alicyclic amines) is 1. The highest BCUT2D eigenvalue weighted by Crippen LogP contribution is 2.42. The molecule has 1 saturated heterocycles. The fraction of sp³-hybridized carbons (Fsp3) is 0.476. The summed E-state index contributed by atoms with van der Waals surface area (Å²) in [5, 5.41) is 0. The Bertz CT molecular complexity index is 831. The Morgan fingerprint density at radius 1 is 1.19 bits per heavy atom. The number of carbonyl (C=O) groups is 1. The molecule has 6 heteroatoms. The standard InChI is InChI=1S/C21H25FN4O/c1-21(2)7-12-26(19-14-23-8-9-24-19)18-4-3-15(13-17(18)21)20(27)25-10-5-16(22)6-11-25/h3-4,8-9,13-14,16H,5-7,10-12H2,1-2H3. The molecule has 0 bridgehead atoms. The second-order valence-corrected chi connectivity index (χ2v) is 8.05. The molecule has 4 rings (SSSR count). The van der Waals surface area contributed by atoms with E-state index in [0.29, 0.717) is 31.5 Å². The monoisotopic (exact) mass is 368 g/mol. The van der Waals surface area contributed by atoms with Gasteiger partial charge in [-0.05, 0) is 48.4 Å². The molecule has 3 heterocycles. The van der Waals surface area contributed by atoms with Crippen molar-refractivity contribution in [3.63, 3.8) is 0 Å². The van der Waals surface area contributed by atoms with E-state index in [1.54, 1.807) is 23.5 Å². The summed E-state index contributed by atoms with van der Waals surface area (Å²) < 4.78 is 13.4. The van der Waals surface area contributed by atoms with Gasteiger partial charge in [-0.3, -0.25) is 9.78 Å². The SMILES string of the molecule is CC1(C)CCN(c2cnccn2)c2ccc(C(=O)N3CCC(F)CC3)cc21. The number of aromatic nitrogens is 2. The molecule has 0 radical (unpaired) electrons. The maximum absolute atomic E-state index is 13.4. The van der Waals surface area contributed by atoms with Crippen molar-refractivity contribution in [1.82, 2.24) is 14.9 Å².